The molecule has 3 heterocycles. The fraction of sp³-hybridized carbons (Fsp3) is 0.250. The third-order valence-corrected chi connectivity index (χ3v) is 6.23. The van der Waals surface area contributed by atoms with Crippen LogP contribution in [0.4, 0.5) is 5.95 Å². The second-order valence-electron chi connectivity index (χ2n) is 8.38. The summed E-state index contributed by atoms with van der Waals surface area (Å²) in [7, 11) is 4.53. The molecule has 0 amide bonds. The van der Waals surface area contributed by atoms with E-state index in [0.29, 0.717) is 28.4 Å². The molecule has 39 heavy (non-hydrogen) atoms. The molecule has 2 atom stereocenters. The fourth-order valence-electron chi connectivity index (χ4n) is 4.35. The normalized spacial score (nSPS) is 14.9. The van der Waals surface area contributed by atoms with Crippen LogP contribution in [-0.2, 0) is 6.54 Å². The molecule has 0 radical (unpaired) electrons. The number of ketones is 1. The van der Waals surface area contributed by atoms with Crippen molar-refractivity contribution in [1.82, 2.24) is 35.0 Å². The summed E-state index contributed by atoms with van der Waals surface area (Å²) in [5.41, 5.74) is 0.623. The lowest BCUT2D eigenvalue weighted by molar-refractivity contribution is -0.434. The largest absolute Gasteiger partial charge is 0.497 e. The number of ether oxygens (including phenoxy) is 3. The molecule has 2 unspecified atom stereocenters. The Morgan fingerprint density at radius 1 is 1.13 bits per heavy atom. The number of methoxy groups -OCH3 is 3. The van der Waals surface area contributed by atoms with Crippen LogP contribution in [0.15, 0.2) is 60.7 Å². The SMILES string of the molecule is COc1cccc(C(=O)C(Cn2nnc(-c3ccc(OC)c(OC)c3)n2)C2C([N+](=O)[O-])=CNc3ncnn32)c1. The van der Waals surface area contributed by atoms with E-state index in [0.717, 1.165) is 0 Å². The molecule has 1 N–H and O–H groups in total. The van der Waals surface area contributed by atoms with Crippen molar-refractivity contribution in [3.8, 4) is 28.6 Å². The summed E-state index contributed by atoms with van der Waals surface area (Å²) in [6.07, 6.45) is 2.46. The number of allylic oxidation sites excluding steroid dienone is 1. The second kappa shape index (κ2) is 10.6. The Morgan fingerprint density at radius 2 is 1.95 bits per heavy atom. The van der Waals surface area contributed by atoms with Gasteiger partial charge in [-0.05, 0) is 35.5 Å². The van der Waals surface area contributed by atoms with Crippen LogP contribution in [0.2, 0.25) is 0 Å². The van der Waals surface area contributed by atoms with Crippen LogP contribution in [0.5, 0.6) is 17.2 Å². The van der Waals surface area contributed by atoms with Gasteiger partial charge in [-0.3, -0.25) is 14.9 Å². The van der Waals surface area contributed by atoms with Crippen molar-refractivity contribution in [3.63, 3.8) is 0 Å². The lowest BCUT2D eigenvalue weighted by atomic mass is 9.88. The average Bonchev–Trinajstić information content (AvgIpc) is 3.64. The Balaban J connectivity index is 1.55. The second-order valence-corrected chi connectivity index (χ2v) is 8.38. The first kappa shape index (κ1) is 25.3. The van der Waals surface area contributed by atoms with Gasteiger partial charge in [-0.15, -0.1) is 10.2 Å². The quantitative estimate of drug-likeness (QED) is 0.179. The van der Waals surface area contributed by atoms with Crippen LogP contribution in [0.25, 0.3) is 11.4 Å². The summed E-state index contributed by atoms with van der Waals surface area (Å²) in [4.78, 5) is 30.8. The number of fused-ring (bicyclic) bond motifs is 1. The number of rotatable bonds is 10. The summed E-state index contributed by atoms with van der Waals surface area (Å²) in [5.74, 6) is 0.527. The maximum absolute atomic E-state index is 13.9. The maximum Gasteiger partial charge on any atom is 0.287 e. The Labute approximate surface area is 221 Å². The van der Waals surface area contributed by atoms with Gasteiger partial charge in [0.2, 0.25) is 11.8 Å². The van der Waals surface area contributed by atoms with Crippen molar-refractivity contribution in [3.05, 3.63) is 76.4 Å². The average molecular weight is 534 g/mol. The highest BCUT2D eigenvalue weighted by Crippen LogP contribution is 2.36. The van der Waals surface area contributed by atoms with Crippen molar-refractivity contribution in [2.75, 3.05) is 26.6 Å². The monoisotopic (exact) mass is 533 g/mol. The first-order chi connectivity index (χ1) is 18.9. The van der Waals surface area contributed by atoms with E-state index in [4.69, 9.17) is 14.2 Å². The number of benzene rings is 2. The lowest BCUT2D eigenvalue weighted by Gasteiger charge is -2.27. The summed E-state index contributed by atoms with van der Waals surface area (Å²) in [5, 5.41) is 31.6. The van der Waals surface area contributed by atoms with Gasteiger partial charge in [0.1, 0.15) is 12.1 Å². The number of Topliss-reactive ketones (excluding diaryl/α,β-unsaturated/α-hetero) is 1. The number of hydrogen-bond donors (Lipinski definition) is 1. The van der Waals surface area contributed by atoms with Crippen molar-refractivity contribution in [1.29, 1.82) is 0 Å². The van der Waals surface area contributed by atoms with Crippen LogP contribution in [0.1, 0.15) is 16.4 Å². The molecule has 5 rings (SSSR count). The topological polar surface area (TPSA) is 174 Å². The minimum Gasteiger partial charge on any atom is -0.497 e. The van der Waals surface area contributed by atoms with Gasteiger partial charge in [0.05, 0.1) is 44.9 Å². The summed E-state index contributed by atoms with van der Waals surface area (Å²) in [6, 6.07) is 10.6. The standard InChI is InChI=1S/C24H23N9O6/c1-37-16-6-4-5-14(9-16)22(34)17(21-18(33(35)36)11-25-24-26-13-27-32(21)24)12-31-29-23(28-30-31)15-7-8-19(38-2)20(10-15)39-3/h4-11,13,17,21H,12H2,1-3H3,(H,25,26,27). The predicted octanol–water partition coefficient (Wildman–Crippen LogP) is 2.24. The molecule has 1 aliphatic rings. The number of carbonyl (C=O) groups is 1. The number of nitro groups is 1. The molecule has 0 saturated heterocycles. The molecule has 0 spiro atoms. The molecule has 1 aliphatic heterocycles. The first-order valence-corrected chi connectivity index (χ1v) is 11.6. The van der Waals surface area contributed by atoms with Crippen molar-refractivity contribution in [2.24, 2.45) is 5.92 Å². The number of hydrogen-bond acceptors (Lipinski definition) is 12. The minimum absolute atomic E-state index is 0.147. The number of carbonyl (C=O) groups excluding carboxylic acids is 1. The van der Waals surface area contributed by atoms with Gasteiger partial charge in [-0.25, -0.2) is 4.68 Å². The highest BCUT2D eigenvalue weighted by atomic mass is 16.6. The van der Waals surface area contributed by atoms with E-state index >= 15 is 0 Å². The van der Waals surface area contributed by atoms with E-state index in [1.54, 1.807) is 42.5 Å². The Hall–Kier alpha value is -5.34. The molecule has 0 aliphatic carbocycles. The molecule has 0 saturated carbocycles. The van der Waals surface area contributed by atoms with Gasteiger partial charge >= 0.3 is 0 Å². The maximum atomic E-state index is 13.9. The van der Waals surface area contributed by atoms with E-state index in [1.807, 2.05) is 0 Å². The smallest absolute Gasteiger partial charge is 0.287 e. The van der Waals surface area contributed by atoms with E-state index in [2.05, 4.69) is 30.8 Å². The van der Waals surface area contributed by atoms with Gasteiger partial charge in [-0.1, -0.05) is 12.1 Å². The molecule has 15 heteroatoms. The van der Waals surface area contributed by atoms with E-state index in [1.165, 1.54) is 43.3 Å². The molecular formula is C24H23N9O6. The number of anilines is 1. The predicted molar refractivity (Wildman–Crippen MR) is 135 cm³/mol. The molecule has 200 valence electrons. The third kappa shape index (κ3) is 4.84. The fourth-order valence-corrected chi connectivity index (χ4v) is 4.35. The zero-order valence-corrected chi connectivity index (χ0v) is 21.1. The van der Waals surface area contributed by atoms with Gasteiger partial charge < -0.3 is 19.5 Å². The van der Waals surface area contributed by atoms with E-state index in [9.17, 15) is 14.9 Å². The van der Waals surface area contributed by atoms with Crippen molar-refractivity contribution >= 4 is 11.7 Å². The van der Waals surface area contributed by atoms with Gasteiger partial charge in [0.15, 0.2) is 23.3 Å². The lowest BCUT2D eigenvalue weighted by Crippen LogP contribution is -2.37. The summed E-state index contributed by atoms with van der Waals surface area (Å²) >= 11 is 0. The summed E-state index contributed by atoms with van der Waals surface area (Å²) < 4.78 is 17.2. The van der Waals surface area contributed by atoms with Crippen molar-refractivity contribution < 1.29 is 23.9 Å². The Kier molecular flexibility index (Phi) is 6.86. The number of aromatic nitrogens is 7. The van der Waals surface area contributed by atoms with Crippen LogP contribution in [0.3, 0.4) is 0 Å². The van der Waals surface area contributed by atoms with Crippen LogP contribution in [0, 0.1) is 16.0 Å². The molecule has 0 fully saturated rings. The molecule has 15 nitrogen and oxygen atoms in total. The van der Waals surface area contributed by atoms with Gasteiger partial charge in [0, 0.05) is 11.1 Å². The van der Waals surface area contributed by atoms with E-state index < -0.39 is 22.7 Å². The van der Waals surface area contributed by atoms with Gasteiger partial charge in [0.25, 0.3) is 5.70 Å². The zero-order chi connectivity index (χ0) is 27.5. The summed E-state index contributed by atoms with van der Waals surface area (Å²) in [6.45, 7) is -0.147. The van der Waals surface area contributed by atoms with Gasteiger partial charge in [-0.2, -0.15) is 14.9 Å². The number of nitrogens with zero attached hydrogens (tertiary/aromatic N) is 8. The first-order valence-electron chi connectivity index (χ1n) is 11.6. The third-order valence-electron chi connectivity index (χ3n) is 6.23. The number of nitrogens with one attached hydrogen (secondary N) is 1. The molecule has 2 aromatic carbocycles. The molecule has 2 aromatic heterocycles. The zero-order valence-electron chi connectivity index (χ0n) is 21.1. The van der Waals surface area contributed by atoms with Crippen LogP contribution >= 0.6 is 0 Å². The highest BCUT2D eigenvalue weighted by Gasteiger charge is 2.43. The number of tetrazole rings is 1. The van der Waals surface area contributed by atoms with Crippen LogP contribution in [-0.4, -0.2) is 67.0 Å². The Morgan fingerprint density at radius 3 is 2.69 bits per heavy atom. The van der Waals surface area contributed by atoms with Crippen LogP contribution < -0.4 is 19.5 Å². The van der Waals surface area contributed by atoms with E-state index in [-0.39, 0.29) is 24.0 Å². The van der Waals surface area contributed by atoms with Crippen molar-refractivity contribution in [2.45, 2.75) is 12.6 Å². The Bertz CT molecular complexity index is 1560. The minimum atomic E-state index is -1.12. The molecule has 0 bridgehead atoms. The molecule has 4 aromatic rings. The molecular weight excluding hydrogens is 510 g/mol. The highest BCUT2D eigenvalue weighted by molar-refractivity contribution is 5.98.